The third-order valence-corrected chi connectivity index (χ3v) is 22.8. The molecular formula is C77H47B2N7S4. The van der Waals surface area contributed by atoms with Gasteiger partial charge in [0.05, 0.1) is 84.6 Å². The van der Waals surface area contributed by atoms with Crippen molar-refractivity contribution in [1.29, 1.82) is 0 Å². The van der Waals surface area contributed by atoms with Crippen LogP contribution in [0, 0.1) is 0 Å². The van der Waals surface area contributed by atoms with E-state index in [-0.39, 0.29) is 13.4 Å². The summed E-state index contributed by atoms with van der Waals surface area (Å²) in [4.78, 5) is 34.2. The van der Waals surface area contributed by atoms with Crippen molar-refractivity contribution >= 4 is 183 Å². The van der Waals surface area contributed by atoms with Gasteiger partial charge in [0.25, 0.3) is 0 Å². The molecule has 0 fully saturated rings. The fourth-order valence-electron chi connectivity index (χ4n) is 14.5. The summed E-state index contributed by atoms with van der Waals surface area (Å²) in [6, 6.07) is 92.7. The van der Waals surface area contributed by atoms with Gasteiger partial charge in [-0.2, -0.15) is 0 Å². The van der Waals surface area contributed by atoms with Crippen LogP contribution in [-0.2, 0) is 0 Å². The number of para-hydroxylation sites is 5. The van der Waals surface area contributed by atoms with E-state index in [1.807, 2.05) is 96.2 Å². The van der Waals surface area contributed by atoms with Crippen LogP contribution in [0.4, 0.5) is 68.2 Å². The Morgan fingerprint density at radius 1 is 0.289 bits per heavy atom. The maximum atomic E-state index is 4.91. The molecule has 0 bridgehead atoms. The van der Waals surface area contributed by atoms with Crippen molar-refractivity contribution in [1.82, 2.24) is 15.0 Å². The maximum absolute atomic E-state index is 4.91. The van der Waals surface area contributed by atoms with Crippen LogP contribution in [0.5, 0.6) is 0 Å². The molecule has 14 aromatic rings. The van der Waals surface area contributed by atoms with Crippen molar-refractivity contribution in [3.8, 4) is 0 Å². The van der Waals surface area contributed by atoms with Crippen LogP contribution in [0.1, 0.15) is 0 Å². The van der Waals surface area contributed by atoms with Gasteiger partial charge >= 0.3 is 0 Å². The molecule has 6 aliphatic heterocycles. The minimum absolute atomic E-state index is 0.132. The molecule has 90 heavy (non-hydrogen) atoms. The minimum atomic E-state index is 0.132. The highest BCUT2D eigenvalue weighted by Gasteiger charge is 2.47. The number of fused-ring (bicyclic) bond motifs is 16. The quantitative estimate of drug-likeness (QED) is 0.158. The summed E-state index contributed by atoms with van der Waals surface area (Å²) in [5, 5.41) is 3.60. The molecule has 0 saturated carbocycles. The van der Waals surface area contributed by atoms with Crippen molar-refractivity contribution in [2.45, 2.75) is 39.2 Å². The molecule has 0 atom stereocenters. The third-order valence-electron chi connectivity index (χ3n) is 18.2. The largest absolute Gasteiger partial charge is 0.309 e. The molecular weight excluding hydrogens is 1170 g/mol. The van der Waals surface area contributed by atoms with Gasteiger partial charge in [-0.05, 0) is 130 Å². The average molecular weight is 1220 g/mol. The molecule has 0 saturated heterocycles. The Morgan fingerprint density at radius 2 is 0.711 bits per heavy atom. The molecule has 0 unspecified atom stereocenters. The Balaban J connectivity index is 0.000000130. The summed E-state index contributed by atoms with van der Waals surface area (Å²) in [5.41, 5.74) is 23.2. The molecule has 3 aromatic heterocycles. The van der Waals surface area contributed by atoms with E-state index >= 15 is 0 Å². The molecule has 13 heteroatoms. The molecule has 0 aliphatic carbocycles. The number of pyridine rings is 3. The Hall–Kier alpha value is -9.88. The highest BCUT2D eigenvalue weighted by molar-refractivity contribution is 8.01. The zero-order chi connectivity index (χ0) is 59.0. The lowest BCUT2D eigenvalue weighted by molar-refractivity contribution is 1.12. The van der Waals surface area contributed by atoms with E-state index in [1.165, 1.54) is 134 Å². The average Bonchev–Trinajstić information content (AvgIpc) is 0.754. The Labute approximate surface area is 538 Å². The van der Waals surface area contributed by atoms with E-state index in [0.29, 0.717) is 0 Å². The predicted molar refractivity (Wildman–Crippen MR) is 379 cm³/mol. The Kier molecular flexibility index (Phi) is 12.1. The normalized spacial score (nSPS) is 13.9. The summed E-state index contributed by atoms with van der Waals surface area (Å²) < 4.78 is 0. The van der Waals surface area contributed by atoms with Crippen LogP contribution >= 0.6 is 47.0 Å². The van der Waals surface area contributed by atoms with E-state index in [2.05, 4.69) is 266 Å². The Bertz CT molecular complexity index is 4970. The van der Waals surface area contributed by atoms with Gasteiger partial charge in [0.15, 0.2) is 0 Å². The number of hydrogen-bond acceptors (Lipinski definition) is 11. The Morgan fingerprint density at radius 3 is 1.27 bits per heavy atom. The number of aromatic nitrogens is 3. The summed E-state index contributed by atoms with van der Waals surface area (Å²) in [5.74, 6) is 0. The molecule has 0 amide bonds. The summed E-state index contributed by atoms with van der Waals surface area (Å²) >= 11 is 7.54. The predicted octanol–water partition coefficient (Wildman–Crippen LogP) is 17.3. The van der Waals surface area contributed by atoms with Crippen LogP contribution in [0.25, 0.3) is 21.7 Å². The SMILES string of the molecule is c1cncc(N2c3ccccc3B3c4ccccc4Sc4cc5c(c2c43)Sc2ccccc2N5c2cccc3ccccc23)c1.c1cncc(N2c3ccccc3B3c4ccccc4Sc4cc5c(c2c43)Sc2ccccc2N5c2cccc3cccnc23)c1. The molecule has 9 heterocycles. The lowest BCUT2D eigenvalue weighted by atomic mass is 9.35. The van der Waals surface area contributed by atoms with Crippen molar-refractivity contribution in [3.63, 3.8) is 0 Å². The monoisotopic (exact) mass is 1220 g/mol. The zero-order valence-corrected chi connectivity index (χ0v) is 51.3. The standard InChI is InChI=1S/C39H24BN3S2.C38H23BN4S2/c1-2-14-27-25(11-1)12-9-19-30(27)43-32-18-6-8-21-35(32)45-39-33(43)23-36-37-38(39)42(26-13-10-22-41-24-26)31-17-5-3-15-28(31)40(37)29-16-4-7-20-34(29)44-36;1-3-15-28-26(13-1)39-27-14-2-5-18-32(27)44-34-22-31-38(37(35(34)39)42(28)25-12-9-20-40-23-25)45-33-19-6-4-16-29(33)43(31)30-17-7-10-24-11-8-21-41-36(24)30/h1-24H;1-23H. The van der Waals surface area contributed by atoms with Crippen molar-refractivity contribution < 1.29 is 0 Å². The lowest BCUT2D eigenvalue weighted by Crippen LogP contribution is -2.60. The molecule has 0 radical (unpaired) electrons. The first-order valence-electron chi connectivity index (χ1n) is 30.2. The summed E-state index contributed by atoms with van der Waals surface area (Å²) in [6.07, 6.45) is 9.59. The highest BCUT2D eigenvalue weighted by atomic mass is 32.2. The van der Waals surface area contributed by atoms with Gasteiger partial charge in [-0.15, -0.1) is 0 Å². The van der Waals surface area contributed by atoms with Gasteiger partial charge in [0.1, 0.15) is 0 Å². The van der Waals surface area contributed by atoms with Gasteiger partial charge in [-0.1, -0.05) is 210 Å². The first kappa shape index (κ1) is 52.1. The van der Waals surface area contributed by atoms with Gasteiger partial charge < -0.3 is 19.6 Å². The fraction of sp³-hybridized carbons (Fsp3) is 0. The number of hydrogen-bond donors (Lipinski definition) is 0. The van der Waals surface area contributed by atoms with Crippen molar-refractivity contribution in [2.75, 3.05) is 19.6 Å². The second-order valence-electron chi connectivity index (χ2n) is 23.0. The third kappa shape index (κ3) is 7.93. The highest BCUT2D eigenvalue weighted by Crippen LogP contribution is 2.61. The van der Waals surface area contributed by atoms with E-state index in [1.54, 1.807) is 0 Å². The minimum Gasteiger partial charge on any atom is -0.309 e. The molecule has 11 aromatic carbocycles. The van der Waals surface area contributed by atoms with Gasteiger partial charge in [-0.25, -0.2) is 0 Å². The summed E-state index contributed by atoms with van der Waals surface area (Å²) in [6.45, 7) is 0.276. The molecule has 7 nitrogen and oxygen atoms in total. The fourth-order valence-corrected chi connectivity index (χ4v) is 19.3. The topological polar surface area (TPSA) is 51.6 Å². The van der Waals surface area contributed by atoms with Gasteiger partial charge in [0, 0.05) is 70.1 Å². The van der Waals surface area contributed by atoms with Gasteiger partial charge in [-0.3, -0.25) is 15.0 Å². The van der Waals surface area contributed by atoms with Crippen molar-refractivity contribution in [2.24, 2.45) is 0 Å². The zero-order valence-electron chi connectivity index (χ0n) is 48.1. The molecule has 0 N–H and O–H groups in total. The van der Waals surface area contributed by atoms with Crippen LogP contribution in [0.3, 0.4) is 0 Å². The smallest absolute Gasteiger partial charge is 0.249 e. The van der Waals surface area contributed by atoms with Crippen LogP contribution in [-0.4, -0.2) is 28.4 Å². The van der Waals surface area contributed by atoms with Crippen LogP contribution in [0.15, 0.2) is 325 Å². The molecule has 20 rings (SSSR count). The number of benzene rings is 11. The molecule has 420 valence electrons. The number of rotatable bonds is 4. The second kappa shape index (κ2) is 20.9. The first-order valence-corrected chi connectivity index (χ1v) is 33.5. The van der Waals surface area contributed by atoms with E-state index in [0.717, 1.165) is 28.0 Å². The maximum Gasteiger partial charge on any atom is 0.249 e. The van der Waals surface area contributed by atoms with E-state index in [9.17, 15) is 0 Å². The van der Waals surface area contributed by atoms with Gasteiger partial charge in [0.2, 0.25) is 13.4 Å². The molecule has 6 aliphatic rings. The molecule has 0 spiro atoms. The van der Waals surface area contributed by atoms with Crippen LogP contribution < -0.4 is 52.4 Å². The summed E-state index contributed by atoms with van der Waals surface area (Å²) in [7, 11) is 0. The second-order valence-corrected chi connectivity index (χ2v) is 27.3. The van der Waals surface area contributed by atoms with E-state index in [4.69, 9.17) is 4.98 Å². The lowest BCUT2D eigenvalue weighted by Gasteiger charge is -2.44. The first-order chi connectivity index (χ1) is 44.7. The number of nitrogens with zero attached hydrogens (tertiary/aromatic N) is 7. The van der Waals surface area contributed by atoms with Crippen molar-refractivity contribution in [3.05, 3.63) is 286 Å². The number of anilines is 12. The van der Waals surface area contributed by atoms with Crippen LogP contribution in [0.2, 0.25) is 0 Å². The van der Waals surface area contributed by atoms with E-state index < -0.39 is 0 Å².